The van der Waals surface area contributed by atoms with Crippen molar-refractivity contribution in [2.75, 3.05) is 11.1 Å². The molecule has 3 heterocycles. The van der Waals surface area contributed by atoms with Gasteiger partial charge in [-0.3, -0.25) is 9.20 Å². The van der Waals surface area contributed by atoms with Crippen molar-refractivity contribution >= 4 is 34.3 Å². The fraction of sp³-hybridized carbons (Fsp3) is 0.214. The van der Waals surface area contributed by atoms with Gasteiger partial charge in [0.2, 0.25) is 0 Å². The normalized spacial score (nSPS) is 14.8. The minimum Gasteiger partial charge on any atom is -0.397 e. The molecular formula is C28H26N6OS. The van der Waals surface area contributed by atoms with Crippen LogP contribution >= 0.6 is 11.3 Å². The molecule has 1 aliphatic rings. The molecule has 1 saturated carbocycles. The van der Waals surface area contributed by atoms with Crippen molar-refractivity contribution in [3.63, 3.8) is 0 Å². The van der Waals surface area contributed by atoms with E-state index >= 15 is 0 Å². The molecule has 1 aliphatic carbocycles. The Morgan fingerprint density at radius 1 is 1.06 bits per heavy atom. The molecule has 6 rings (SSSR count). The number of aromatic nitrogens is 4. The number of hydrogen-bond donors (Lipinski definition) is 2. The number of anilines is 2. The van der Waals surface area contributed by atoms with Crippen molar-refractivity contribution in [1.29, 1.82) is 0 Å². The SMILES string of the molecule is Cc1nc2ccncn2c1-c1csc(C2(c3ccc(C(=O)Nc4ccccc4N)cc3)CCCC2)n1. The molecule has 2 aromatic carbocycles. The van der Waals surface area contributed by atoms with E-state index in [4.69, 9.17) is 10.7 Å². The lowest BCUT2D eigenvalue weighted by atomic mass is 9.79. The molecule has 7 nitrogen and oxygen atoms in total. The van der Waals surface area contributed by atoms with E-state index in [1.807, 2.05) is 41.7 Å². The Balaban J connectivity index is 1.32. The monoisotopic (exact) mass is 494 g/mol. The molecule has 8 heteroatoms. The number of nitrogen functional groups attached to an aromatic ring is 1. The van der Waals surface area contributed by atoms with E-state index in [-0.39, 0.29) is 11.3 Å². The van der Waals surface area contributed by atoms with Crippen LogP contribution in [-0.4, -0.2) is 25.3 Å². The molecule has 36 heavy (non-hydrogen) atoms. The summed E-state index contributed by atoms with van der Waals surface area (Å²) in [7, 11) is 0. The molecular weight excluding hydrogens is 468 g/mol. The summed E-state index contributed by atoms with van der Waals surface area (Å²) in [6, 6.07) is 17.2. The molecule has 3 aromatic heterocycles. The van der Waals surface area contributed by atoms with E-state index in [2.05, 4.69) is 32.8 Å². The fourth-order valence-electron chi connectivity index (χ4n) is 5.28. The highest BCUT2D eigenvalue weighted by Crippen LogP contribution is 2.48. The smallest absolute Gasteiger partial charge is 0.255 e. The molecule has 0 atom stereocenters. The zero-order valence-corrected chi connectivity index (χ0v) is 20.8. The van der Waals surface area contributed by atoms with Crippen LogP contribution in [0.25, 0.3) is 17.0 Å². The number of nitrogens with two attached hydrogens (primary N) is 1. The Labute approximate surface area is 213 Å². The van der Waals surface area contributed by atoms with E-state index in [1.165, 1.54) is 5.56 Å². The molecule has 1 amide bonds. The Kier molecular flexibility index (Phi) is 5.53. The number of nitrogens with zero attached hydrogens (tertiary/aromatic N) is 4. The molecule has 0 bridgehead atoms. The first-order valence-corrected chi connectivity index (χ1v) is 12.9. The van der Waals surface area contributed by atoms with E-state index in [0.717, 1.165) is 53.4 Å². The van der Waals surface area contributed by atoms with Gasteiger partial charge >= 0.3 is 0 Å². The average Bonchev–Trinajstić information content (AvgIpc) is 3.64. The van der Waals surface area contributed by atoms with Crippen molar-refractivity contribution in [3.8, 4) is 11.4 Å². The molecule has 3 N–H and O–H groups in total. The number of amides is 1. The summed E-state index contributed by atoms with van der Waals surface area (Å²) >= 11 is 1.70. The van der Waals surface area contributed by atoms with Gasteiger partial charge in [-0.15, -0.1) is 11.3 Å². The molecule has 180 valence electrons. The van der Waals surface area contributed by atoms with Gasteiger partial charge in [-0.2, -0.15) is 0 Å². The third kappa shape index (κ3) is 3.74. The quantitative estimate of drug-likeness (QED) is 0.298. The molecule has 1 fully saturated rings. The molecule has 0 saturated heterocycles. The summed E-state index contributed by atoms with van der Waals surface area (Å²) in [5.74, 6) is -0.173. The lowest BCUT2D eigenvalue weighted by molar-refractivity contribution is 0.102. The summed E-state index contributed by atoms with van der Waals surface area (Å²) in [5.41, 5.74) is 12.5. The average molecular weight is 495 g/mol. The number of para-hydroxylation sites is 2. The van der Waals surface area contributed by atoms with E-state index in [0.29, 0.717) is 16.9 Å². The predicted molar refractivity (Wildman–Crippen MR) is 143 cm³/mol. The number of rotatable bonds is 5. The first kappa shape index (κ1) is 22.4. The first-order valence-electron chi connectivity index (χ1n) is 12.1. The summed E-state index contributed by atoms with van der Waals surface area (Å²) in [4.78, 5) is 26.9. The van der Waals surface area contributed by atoms with Crippen LogP contribution in [0.15, 0.2) is 72.5 Å². The number of aryl methyl sites for hydroxylation is 1. The molecule has 0 radical (unpaired) electrons. The van der Waals surface area contributed by atoms with Crippen LogP contribution < -0.4 is 11.1 Å². The number of imidazole rings is 1. The Bertz CT molecular complexity index is 1560. The highest BCUT2D eigenvalue weighted by Gasteiger charge is 2.40. The maximum atomic E-state index is 12.8. The molecule has 0 spiro atoms. The van der Waals surface area contributed by atoms with Crippen LogP contribution in [0.5, 0.6) is 0 Å². The summed E-state index contributed by atoms with van der Waals surface area (Å²) in [6.45, 7) is 2.01. The highest BCUT2D eigenvalue weighted by atomic mass is 32.1. The molecule has 0 unspecified atom stereocenters. The van der Waals surface area contributed by atoms with Crippen LogP contribution in [-0.2, 0) is 5.41 Å². The lowest BCUT2D eigenvalue weighted by Crippen LogP contribution is -2.24. The Morgan fingerprint density at radius 3 is 2.61 bits per heavy atom. The van der Waals surface area contributed by atoms with Crippen molar-refractivity contribution < 1.29 is 4.79 Å². The van der Waals surface area contributed by atoms with Gasteiger partial charge in [-0.1, -0.05) is 37.1 Å². The highest BCUT2D eigenvalue weighted by molar-refractivity contribution is 7.10. The summed E-state index contributed by atoms with van der Waals surface area (Å²) in [6.07, 6.45) is 7.94. The van der Waals surface area contributed by atoms with Crippen LogP contribution in [0.2, 0.25) is 0 Å². The van der Waals surface area contributed by atoms with Gasteiger partial charge in [0.1, 0.15) is 22.7 Å². The van der Waals surface area contributed by atoms with Crippen molar-refractivity contribution in [1.82, 2.24) is 19.4 Å². The minimum atomic E-state index is -0.173. The van der Waals surface area contributed by atoms with Crippen molar-refractivity contribution in [2.45, 2.75) is 38.0 Å². The van der Waals surface area contributed by atoms with Gasteiger partial charge < -0.3 is 11.1 Å². The van der Waals surface area contributed by atoms with Crippen LogP contribution in [0.4, 0.5) is 11.4 Å². The third-order valence-corrected chi connectivity index (χ3v) is 8.17. The number of thiazole rings is 1. The maximum Gasteiger partial charge on any atom is 0.255 e. The standard InChI is InChI=1S/C28H26N6OS/c1-18-25(34-17-30-15-12-24(34)31-18)23-16-36-27(33-23)28(13-4-5-14-28)20-10-8-19(9-11-20)26(35)32-22-7-3-2-6-21(22)29/h2-3,6-12,15-17H,4-5,13-14,29H2,1H3,(H,32,35). The zero-order valence-electron chi connectivity index (χ0n) is 19.9. The zero-order chi connectivity index (χ0) is 24.7. The van der Waals surface area contributed by atoms with E-state index in [9.17, 15) is 4.79 Å². The number of benzene rings is 2. The first-order chi connectivity index (χ1) is 17.5. The van der Waals surface area contributed by atoms with E-state index in [1.54, 1.807) is 36.0 Å². The largest absolute Gasteiger partial charge is 0.397 e. The fourth-order valence-corrected chi connectivity index (χ4v) is 6.36. The summed E-state index contributed by atoms with van der Waals surface area (Å²) in [5, 5.41) is 6.15. The minimum absolute atomic E-state index is 0.144. The molecule has 5 aromatic rings. The molecule has 0 aliphatic heterocycles. The van der Waals surface area contributed by atoms with Crippen LogP contribution in [0.3, 0.4) is 0 Å². The van der Waals surface area contributed by atoms with Crippen LogP contribution in [0.1, 0.15) is 52.3 Å². The Morgan fingerprint density at radius 2 is 1.83 bits per heavy atom. The predicted octanol–water partition coefficient (Wildman–Crippen LogP) is 5.86. The van der Waals surface area contributed by atoms with Gasteiger partial charge in [-0.25, -0.2) is 15.0 Å². The van der Waals surface area contributed by atoms with Gasteiger partial charge in [-0.05, 0) is 55.7 Å². The van der Waals surface area contributed by atoms with Gasteiger partial charge in [0.15, 0.2) is 0 Å². The number of fused-ring (bicyclic) bond motifs is 1. The maximum absolute atomic E-state index is 12.8. The number of hydrogen-bond acceptors (Lipinski definition) is 6. The van der Waals surface area contributed by atoms with Gasteiger partial charge in [0.25, 0.3) is 5.91 Å². The lowest BCUT2D eigenvalue weighted by Gasteiger charge is -2.27. The third-order valence-electron chi connectivity index (χ3n) is 7.13. The second kappa shape index (κ2) is 8.87. The number of carbonyl (C=O) groups excluding carboxylic acids is 1. The second-order valence-corrected chi connectivity index (χ2v) is 10.2. The van der Waals surface area contributed by atoms with Crippen molar-refractivity contribution in [3.05, 3.63) is 94.3 Å². The van der Waals surface area contributed by atoms with E-state index < -0.39 is 0 Å². The van der Waals surface area contributed by atoms with Gasteiger partial charge in [0, 0.05) is 22.6 Å². The number of nitrogens with one attached hydrogen (secondary N) is 1. The Hall–Kier alpha value is -4.04. The summed E-state index contributed by atoms with van der Waals surface area (Å²) < 4.78 is 2.00. The van der Waals surface area contributed by atoms with Gasteiger partial charge in [0.05, 0.1) is 22.8 Å². The van der Waals surface area contributed by atoms with Crippen LogP contribution in [0, 0.1) is 6.92 Å². The van der Waals surface area contributed by atoms with Crippen molar-refractivity contribution in [2.24, 2.45) is 0 Å². The second-order valence-electron chi connectivity index (χ2n) is 9.30. The topological polar surface area (TPSA) is 98.2 Å². The number of carbonyl (C=O) groups is 1.